The van der Waals surface area contributed by atoms with E-state index < -0.39 is 0 Å². The Balaban J connectivity index is 3.08. The first-order valence-electron chi connectivity index (χ1n) is 4.50. The summed E-state index contributed by atoms with van der Waals surface area (Å²) >= 11 is 0. The Hall–Kier alpha value is -1.29. The first kappa shape index (κ1) is 11.8. The van der Waals surface area contributed by atoms with Gasteiger partial charge in [0.2, 0.25) is 0 Å². The molecule has 0 fully saturated rings. The zero-order valence-corrected chi connectivity index (χ0v) is 9.21. The van der Waals surface area contributed by atoms with E-state index in [2.05, 4.69) is 7.05 Å². The molecule has 0 atom stereocenters. The van der Waals surface area contributed by atoms with E-state index in [1.165, 1.54) is 20.3 Å². The van der Waals surface area contributed by atoms with Crippen molar-refractivity contribution in [2.75, 3.05) is 21.3 Å². The number of methoxy groups -OCH3 is 2. The van der Waals surface area contributed by atoms with Crippen molar-refractivity contribution in [2.24, 2.45) is 0 Å². The number of nitrogens with zero attached hydrogens (tertiary/aromatic N) is 1. The number of hydrogen-bond acceptors (Lipinski definition) is 3. The van der Waals surface area contributed by atoms with Crippen LogP contribution in [-0.2, 0) is 6.54 Å². The minimum absolute atomic E-state index is 0.317. The summed E-state index contributed by atoms with van der Waals surface area (Å²) in [7, 11) is 8.44. The van der Waals surface area contributed by atoms with E-state index in [1.807, 2.05) is 0 Å². The molecule has 0 amide bonds. The predicted molar refractivity (Wildman–Crippen MR) is 56.3 cm³/mol. The highest BCUT2D eigenvalue weighted by Gasteiger charge is 2.10. The average molecular weight is 212 g/mol. The van der Waals surface area contributed by atoms with Crippen molar-refractivity contribution >= 4 is 0 Å². The van der Waals surface area contributed by atoms with Crippen LogP contribution in [0.3, 0.4) is 0 Å². The second-order valence-electron chi connectivity index (χ2n) is 3.31. The van der Waals surface area contributed by atoms with Gasteiger partial charge in [-0.05, 0) is 19.7 Å². The minimum atomic E-state index is -0.317. The third-order valence-electron chi connectivity index (χ3n) is 1.99. The van der Waals surface area contributed by atoms with Crippen LogP contribution in [-0.4, -0.2) is 26.2 Å². The molecule has 0 heterocycles. The van der Waals surface area contributed by atoms with E-state index >= 15 is 0 Å². The van der Waals surface area contributed by atoms with Gasteiger partial charge in [-0.2, -0.15) is 0 Å². The topological polar surface area (TPSA) is 21.7 Å². The molecular formula is C11H15FNO2-. The standard InChI is InChI=1S/C11H15FNO2/c1-13(2)7-8-5-10(14-3)11(15-4)6-9(8)12/h5-6H,1,7H2,2-4H3/q-1. The van der Waals surface area contributed by atoms with Crippen molar-refractivity contribution in [3.8, 4) is 11.5 Å². The van der Waals surface area contributed by atoms with Crippen LogP contribution in [0.2, 0.25) is 0 Å². The van der Waals surface area contributed by atoms with Gasteiger partial charge >= 0.3 is 0 Å². The average Bonchev–Trinajstić information content (AvgIpc) is 2.19. The van der Waals surface area contributed by atoms with Crippen LogP contribution >= 0.6 is 0 Å². The molecule has 3 nitrogen and oxygen atoms in total. The van der Waals surface area contributed by atoms with E-state index in [0.29, 0.717) is 23.6 Å². The molecule has 0 bridgehead atoms. The van der Waals surface area contributed by atoms with Crippen molar-refractivity contribution in [3.05, 3.63) is 30.6 Å². The largest absolute Gasteiger partial charge is 0.493 e. The van der Waals surface area contributed by atoms with Gasteiger partial charge < -0.3 is 14.4 Å². The molecule has 0 spiro atoms. The zero-order valence-electron chi connectivity index (χ0n) is 9.21. The van der Waals surface area contributed by atoms with E-state index in [1.54, 1.807) is 18.0 Å². The molecule has 0 aliphatic rings. The van der Waals surface area contributed by atoms with Gasteiger partial charge in [0.1, 0.15) is 5.82 Å². The summed E-state index contributed by atoms with van der Waals surface area (Å²) in [5, 5.41) is 0. The Bertz CT molecular complexity index is 340. The van der Waals surface area contributed by atoms with Crippen LogP contribution in [0.15, 0.2) is 12.1 Å². The molecule has 0 N–H and O–H groups in total. The highest BCUT2D eigenvalue weighted by atomic mass is 19.1. The first-order valence-corrected chi connectivity index (χ1v) is 4.50. The van der Waals surface area contributed by atoms with Gasteiger partial charge in [0, 0.05) is 11.6 Å². The molecule has 0 aliphatic heterocycles. The Kier molecular flexibility index (Phi) is 3.91. The normalized spacial score (nSPS) is 10.5. The Morgan fingerprint density at radius 1 is 1.27 bits per heavy atom. The third kappa shape index (κ3) is 2.83. The number of rotatable bonds is 4. The van der Waals surface area contributed by atoms with Crippen LogP contribution in [0, 0.1) is 12.9 Å². The summed E-state index contributed by atoms with van der Waals surface area (Å²) in [5.74, 6) is 0.601. The minimum Gasteiger partial charge on any atom is -0.493 e. The molecule has 15 heavy (non-hydrogen) atoms. The van der Waals surface area contributed by atoms with Gasteiger partial charge in [-0.1, -0.05) is 0 Å². The van der Waals surface area contributed by atoms with Crippen molar-refractivity contribution < 1.29 is 13.9 Å². The maximum atomic E-state index is 13.5. The summed E-state index contributed by atoms with van der Waals surface area (Å²) in [4.78, 5) is 1.64. The molecule has 0 aliphatic carbocycles. The molecular weight excluding hydrogens is 197 g/mol. The highest BCUT2D eigenvalue weighted by Crippen LogP contribution is 2.30. The smallest absolute Gasteiger partial charge is 0.163 e. The van der Waals surface area contributed by atoms with Crippen LogP contribution in [0.25, 0.3) is 0 Å². The van der Waals surface area contributed by atoms with Crippen LogP contribution in [0.5, 0.6) is 11.5 Å². The lowest BCUT2D eigenvalue weighted by Gasteiger charge is -2.19. The van der Waals surface area contributed by atoms with E-state index in [4.69, 9.17) is 9.47 Å². The number of benzene rings is 1. The van der Waals surface area contributed by atoms with Crippen molar-refractivity contribution in [2.45, 2.75) is 6.54 Å². The molecule has 84 valence electrons. The van der Waals surface area contributed by atoms with Gasteiger partial charge in [0.05, 0.1) is 14.2 Å². The molecule has 1 rings (SSSR count). The van der Waals surface area contributed by atoms with Gasteiger partial charge in [0.15, 0.2) is 11.5 Å². The van der Waals surface area contributed by atoms with Gasteiger partial charge in [-0.3, -0.25) is 7.05 Å². The molecule has 0 saturated heterocycles. The van der Waals surface area contributed by atoms with Crippen LogP contribution < -0.4 is 9.47 Å². The summed E-state index contributed by atoms with van der Waals surface area (Å²) in [5.41, 5.74) is 0.533. The molecule has 4 heteroatoms. The lowest BCUT2D eigenvalue weighted by atomic mass is 10.2. The zero-order chi connectivity index (χ0) is 11.4. The Morgan fingerprint density at radius 3 is 2.27 bits per heavy atom. The van der Waals surface area contributed by atoms with Crippen molar-refractivity contribution in [1.29, 1.82) is 0 Å². The van der Waals surface area contributed by atoms with Gasteiger partial charge in [0.25, 0.3) is 0 Å². The molecule has 0 aromatic heterocycles. The van der Waals surface area contributed by atoms with Crippen molar-refractivity contribution in [3.63, 3.8) is 0 Å². The summed E-state index contributed by atoms with van der Waals surface area (Å²) in [6.07, 6.45) is 0. The fourth-order valence-electron chi connectivity index (χ4n) is 1.31. The Morgan fingerprint density at radius 2 is 1.80 bits per heavy atom. The van der Waals surface area contributed by atoms with Crippen molar-refractivity contribution in [1.82, 2.24) is 4.90 Å². The third-order valence-corrected chi connectivity index (χ3v) is 1.99. The monoisotopic (exact) mass is 212 g/mol. The summed E-state index contributed by atoms with van der Waals surface area (Å²) < 4.78 is 23.6. The SMILES string of the molecule is [CH2-]N(C)Cc1cc(OC)c(OC)cc1F. The molecule has 0 unspecified atom stereocenters. The maximum absolute atomic E-state index is 13.5. The second kappa shape index (κ2) is 4.98. The number of halogens is 1. The molecule has 0 radical (unpaired) electrons. The fourth-order valence-corrected chi connectivity index (χ4v) is 1.31. The lowest BCUT2D eigenvalue weighted by molar-refractivity contribution is 0.349. The number of ether oxygens (including phenoxy) is 2. The number of hydrogen-bond donors (Lipinski definition) is 0. The summed E-state index contributed by atoms with van der Waals surface area (Å²) in [6.45, 7) is 0.423. The quantitative estimate of drug-likeness (QED) is 0.713. The first-order chi connectivity index (χ1) is 7.08. The van der Waals surface area contributed by atoms with Gasteiger partial charge in [-0.25, -0.2) is 4.39 Å². The van der Waals surface area contributed by atoms with Crippen LogP contribution in [0.1, 0.15) is 5.56 Å². The Labute approximate surface area is 89.4 Å². The van der Waals surface area contributed by atoms with Crippen LogP contribution in [0.4, 0.5) is 4.39 Å². The second-order valence-corrected chi connectivity index (χ2v) is 3.31. The lowest BCUT2D eigenvalue weighted by Crippen LogP contribution is -2.10. The fraction of sp³-hybridized carbons (Fsp3) is 0.364. The van der Waals surface area contributed by atoms with Gasteiger partial charge in [-0.15, -0.1) is 0 Å². The van der Waals surface area contributed by atoms with E-state index in [9.17, 15) is 4.39 Å². The molecule has 1 aromatic rings. The predicted octanol–water partition coefficient (Wildman–Crippen LogP) is 2.07. The van der Waals surface area contributed by atoms with E-state index in [-0.39, 0.29) is 5.82 Å². The molecule has 0 saturated carbocycles. The van der Waals surface area contributed by atoms with E-state index in [0.717, 1.165) is 0 Å². The summed E-state index contributed by atoms with van der Waals surface area (Å²) in [6, 6.07) is 2.94. The molecule has 1 aromatic carbocycles. The highest BCUT2D eigenvalue weighted by molar-refractivity contribution is 5.43. The maximum Gasteiger partial charge on any atom is 0.163 e.